The van der Waals surface area contributed by atoms with E-state index in [-0.39, 0.29) is 0 Å². The Morgan fingerprint density at radius 3 is 2.33 bits per heavy atom. The van der Waals surface area contributed by atoms with Crippen molar-refractivity contribution in [1.82, 2.24) is 9.88 Å². The van der Waals surface area contributed by atoms with Gasteiger partial charge in [-0.3, -0.25) is 4.98 Å². The van der Waals surface area contributed by atoms with Crippen molar-refractivity contribution >= 4 is 0 Å². The summed E-state index contributed by atoms with van der Waals surface area (Å²) in [7, 11) is 0. The maximum Gasteiger partial charge on any atom is 0.122 e. The zero-order valence-electron chi connectivity index (χ0n) is 13.8. The number of hydrogen-bond acceptors (Lipinski definition) is 4. The largest absolute Gasteiger partial charge is 0.508 e. The quantitative estimate of drug-likeness (QED) is 0.918. The van der Waals surface area contributed by atoms with Crippen LogP contribution in [-0.4, -0.2) is 40.7 Å². The first kappa shape index (κ1) is 15.5. The number of likely N-dealkylation sites (tertiary alicyclic amines) is 1. The molecule has 4 heteroatoms. The number of hydrogen-bond donors (Lipinski definition) is 1. The Hall–Kier alpha value is -2.07. The molecule has 0 spiro atoms. The van der Waals surface area contributed by atoms with Gasteiger partial charge >= 0.3 is 0 Å². The summed E-state index contributed by atoms with van der Waals surface area (Å²) >= 11 is 0. The highest BCUT2D eigenvalue weighted by molar-refractivity contribution is 5.26. The Kier molecular flexibility index (Phi) is 4.39. The zero-order chi connectivity index (χ0) is 16.4. The van der Waals surface area contributed by atoms with E-state index in [1.54, 1.807) is 24.5 Å². The molecular weight excluding hydrogens is 300 g/mol. The highest BCUT2D eigenvalue weighted by Gasteiger charge is 2.41. The van der Waals surface area contributed by atoms with E-state index >= 15 is 0 Å². The van der Waals surface area contributed by atoms with Crippen LogP contribution >= 0.6 is 0 Å². The van der Waals surface area contributed by atoms with Crippen molar-refractivity contribution in [2.45, 2.75) is 25.4 Å². The molecule has 1 aromatic heterocycles. The maximum absolute atomic E-state index is 9.35. The maximum atomic E-state index is 9.35. The van der Waals surface area contributed by atoms with Crippen LogP contribution in [0.2, 0.25) is 0 Å². The fraction of sp³-hybridized carbons (Fsp3) is 0.450. The summed E-state index contributed by atoms with van der Waals surface area (Å²) in [6.45, 7) is 3.49. The summed E-state index contributed by atoms with van der Waals surface area (Å²) in [6, 6.07) is 11.5. The van der Waals surface area contributed by atoms with E-state index in [4.69, 9.17) is 4.74 Å². The van der Waals surface area contributed by atoms with Crippen molar-refractivity contribution in [1.29, 1.82) is 0 Å². The number of phenols is 1. The minimum atomic E-state index is 0.342. The molecule has 1 N–H and O–H groups in total. The van der Waals surface area contributed by atoms with Gasteiger partial charge in [0, 0.05) is 32.0 Å². The van der Waals surface area contributed by atoms with E-state index < -0.39 is 0 Å². The summed E-state index contributed by atoms with van der Waals surface area (Å²) in [5.74, 6) is 2.84. The lowest BCUT2D eigenvalue weighted by atomic mass is 10.0. The number of aromatic hydroxyl groups is 1. The number of benzene rings is 1. The van der Waals surface area contributed by atoms with Crippen LogP contribution in [0, 0.1) is 11.8 Å². The number of rotatable bonds is 5. The standard InChI is InChI=1S/C20H24N2O2/c23-18-3-1-15(2-4-18)7-10-22-13-16-11-20(12-17(16)14-22)24-19-5-8-21-9-6-19/h1-6,8-9,16-17,20,23H,7,10-14H2/t16-,17+,20?. The summed E-state index contributed by atoms with van der Waals surface area (Å²) in [5.41, 5.74) is 1.30. The smallest absolute Gasteiger partial charge is 0.122 e. The molecular formula is C20H24N2O2. The Morgan fingerprint density at radius 1 is 1.00 bits per heavy atom. The molecule has 4 rings (SSSR count). The first-order valence-electron chi connectivity index (χ1n) is 8.83. The van der Waals surface area contributed by atoms with Crippen LogP contribution in [0.4, 0.5) is 0 Å². The molecule has 2 fully saturated rings. The van der Waals surface area contributed by atoms with Gasteiger partial charge in [-0.15, -0.1) is 0 Å². The molecule has 0 bridgehead atoms. The summed E-state index contributed by atoms with van der Waals surface area (Å²) in [5, 5.41) is 9.35. The molecule has 2 heterocycles. The normalized spacial score (nSPS) is 26.4. The van der Waals surface area contributed by atoms with Crippen molar-refractivity contribution in [3.63, 3.8) is 0 Å². The van der Waals surface area contributed by atoms with Crippen molar-refractivity contribution in [2.24, 2.45) is 11.8 Å². The number of fused-ring (bicyclic) bond motifs is 1. The molecule has 2 aliphatic rings. The van der Waals surface area contributed by atoms with Gasteiger partial charge in [0.15, 0.2) is 0 Å². The van der Waals surface area contributed by atoms with E-state index in [1.807, 2.05) is 24.3 Å². The van der Waals surface area contributed by atoms with Gasteiger partial charge in [0.25, 0.3) is 0 Å². The number of nitrogens with zero attached hydrogens (tertiary/aromatic N) is 2. The van der Waals surface area contributed by atoms with E-state index in [0.717, 1.165) is 30.6 Å². The number of aromatic nitrogens is 1. The SMILES string of the molecule is Oc1ccc(CCN2C[C@H]3CC(Oc4ccncc4)C[C@H]3C2)cc1. The molecule has 2 aromatic rings. The fourth-order valence-electron chi connectivity index (χ4n) is 4.18. The van der Waals surface area contributed by atoms with Gasteiger partial charge < -0.3 is 14.7 Å². The van der Waals surface area contributed by atoms with Crippen LogP contribution in [0.15, 0.2) is 48.8 Å². The van der Waals surface area contributed by atoms with E-state index in [9.17, 15) is 5.11 Å². The van der Waals surface area contributed by atoms with E-state index in [0.29, 0.717) is 11.9 Å². The van der Waals surface area contributed by atoms with Gasteiger partial charge in [0.1, 0.15) is 11.5 Å². The molecule has 1 saturated heterocycles. The highest BCUT2D eigenvalue weighted by atomic mass is 16.5. The van der Waals surface area contributed by atoms with Crippen molar-refractivity contribution < 1.29 is 9.84 Å². The number of pyridine rings is 1. The molecule has 1 saturated carbocycles. The zero-order valence-corrected chi connectivity index (χ0v) is 13.8. The molecule has 1 unspecified atom stereocenters. The molecule has 4 nitrogen and oxygen atoms in total. The lowest BCUT2D eigenvalue weighted by Crippen LogP contribution is -2.26. The Morgan fingerprint density at radius 2 is 1.67 bits per heavy atom. The molecule has 3 atom stereocenters. The summed E-state index contributed by atoms with van der Waals surface area (Å²) < 4.78 is 6.11. The average Bonchev–Trinajstić information content (AvgIpc) is 3.13. The molecule has 1 aliphatic carbocycles. The fourth-order valence-corrected chi connectivity index (χ4v) is 4.18. The first-order chi connectivity index (χ1) is 11.8. The second-order valence-electron chi connectivity index (χ2n) is 7.09. The predicted octanol–water partition coefficient (Wildman–Crippen LogP) is 3.12. The van der Waals surface area contributed by atoms with Crippen molar-refractivity contribution in [3.8, 4) is 11.5 Å². The third kappa shape index (κ3) is 3.54. The Balaban J connectivity index is 1.25. The Bertz CT molecular complexity index is 645. The third-order valence-electron chi connectivity index (χ3n) is 5.39. The van der Waals surface area contributed by atoms with Crippen LogP contribution in [0.5, 0.6) is 11.5 Å². The third-order valence-corrected chi connectivity index (χ3v) is 5.39. The predicted molar refractivity (Wildman–Crippen MR) is 93.1 cm³/mol. The van der Waals surface area contributed by atoms with E-state index in [2.05, 4.69) is 9.88 Å². The first-order valence-corrected chi connectivity index (χ1v) is 8.83. The second-order valence-corrected chi connectivity index (χ2v) is 7.09. The monoisotopic (exact) mass is 324 g/mol. The highest BCUT2D eigenvalue weighted by Crippen LogP contribution is 2.39. The number of phenolic OH excluding ortho intramolecular Hbond substituents is 1. The molecule has 0 radical (unpaired) electrons. The second kappa shape index (κ2) is 6.81. The minimum absolute atomic E-state index is 0.342. The minimum Gasteiger partial charge on any atom is -0.508 e. The molecule has 0 amide bonds. The number of ether oxygens (including phenoxy) is 1. The van der Waals surface area contributed by atoms with Crippen LogP contribution in [0.1, 0.15) is 18.4 Å². The van der Waals surface area contributed by atoms with Gasteiger partial charge in [0.05, 0.1) is 6.10 Å². The Labute approximate surface area is 143 Å². The van der Waals surface area contributed by atoms with Gasteiger partial charge in [-0.05, 0) is 60.9 Å². The molecule has 1 aromatic carbocycles. The van der Waals surface area contributed by atoms with Gasteiger partial charge in [-0.1, -0.05) is 12.1 Å². The van der Waals surface area contributed by atoms with Crippen molar-refractivity contribution in [3.05, 3.63) is 54.4 Å². The van der Waals surface area contributed by atoms with E-state index in [1.165, 1.54) is 31.5 Å². The average molecular weight is 324 g/mol. The topological polar surface area (TPSA) is 45.6 Å². The van der Waals surface area contributed by atoms with Gasteiger partial charge in [0.2, 0.25) is 0 Å². The lowest BCUT2D eigenvalue weighted by Gasteiger charge is -2.19. The van der Waals surface area contributed by atoms with Crippen LogP contribution in [0.3, 0.4) is 0 Å². The molecule has 24 heavy (non-hydrogen) atoms. The van der Waals surface area contributed by atoms with Crippen LogP contribution < -0.4 is 4.74 Å². The summed E-state index contributed by atoms with van der Waals surface area (Å²) in [4.78, 5) is 6.62. The molecule has 1 aliphatic heterocycles. The molecule has 126 valence electrons. The lowest BCUT2D eigenvalue weighted by molar-refractivity contribution is 0.186. The van der Waals surface area contributed by atoms with Crippen molar-refractivity contribution in [2.75, 3.05) is 19.6 Å². The van der Waals surface area contributed by atoms with Gasteiger partial charge in [-0.25, -0.2) is 0 Å². The van der Waals surface area contributed by atoms with Gasteiger partial charge in [-0.2, -0.15) is 0 Å². The summed E-state index contributed by atoms with van der Waals surface area (Å²) in [6.07, 6.45) is 7.33. The van der Waals surface area contributed by atoms with Crippen LogP contribution in [-0.2, 0) is 6.42 Å². The van der Waals surface area contributed by atoms with Crippen LogP contribution in [0.25, 0.3) is 0 Å².